The third-order valence-corrected chi connectivity index (χ3v) is 5.78. The lowest BCUT2D eigenvalue weighted by molar-refractivity contribution is 0.114. The van der Waals surface area contributed by atoms with E-state index in [2.05, 4.69) is 29.3 Å². The SMILES string of the molecule is CNC(Cc1cncs1)C1CC2CCC(C1)N2C. The molecule has 3 rings (SSSR count). The first-order valence-electron chi connectivity index (χ1n) is 7.04. The number of rotatable bonds is 4. The Balaban J connectivity index is 1.66. The van der Waals surface area contributed by atoms with Crippen LogP contribution >= 0.6 is 11.3 Å². The van der Waals surface area contributed by atoms with Gasteiger partial charge in [0.2, 0.25) is 0 Å². The lowest BCUT2D eigenvalue weighted by atomic mass is 9.83. The highest BCUT2D eigenvalue weighted by atomic mass is 32.1. The molecule has 0 saturated carbocycles. The monoisotopic (exact) mass is 265 g/mol. The summed E-state index contributed by atoms with van der Waals surface area (Å²) in [6.07, 6.45) is 8.74. The molecule has 1 aromatic rings. The largest absolute Gasteiger partial charge is 0.316 e. The van der Waals surface area contributed by atoms with Crippen LogP contribution in [0, 0.1) is 5.92 Å². The van der Waals surface area contributed by atoms with Crippen LogP contribution in [-0.4, -0.2) is 42.1 Å². The van der Waals surface area contributed by atoms with Crippen molar-refractivity contribution in [1.29, 1.82) is 0 Å². The minimum atomic E-state index is 0.627. The smallest absolute Gasteiger partial charge is 0.0794 e. The zero-order chi connectivity index (χ0) is 12.5. The number of fused-ring (bicyclic) bond motifs is 2. The molecule has 3 heterocycles. The molecule has 1 N–H and O–H groups in total. The molecule has 0 aliphatic carbocycles. The van der Waals surface area contributed by atoms with Gasteiger partial charge < -0.3 is 10.2 Å². The second-order valence-electron chi connectivity index (χ2n) is 5.85. The molecular formula is C14H23N3S. The summed E-state index contributed by atoms with van der Waals surface area (Å²) in [6.45, 7) is 0. The van der Waals surface area contributed by atoms with Gasteiger partial charge >= 0.3 is 0 Å². The highest BCUT2D eigenvalue weighted by Gasteiger charge is 2.40. The van der Waals surface area contributed by atoms with E-state index in [4.69, 9.17) is 0 Å². The maximum atomic E-state index is 4.19. The lowest BCUT2D eigenvalue weighted by Crippen LogP contribution is -2.47. The fourth-order valence-electron chi connectivity index (χ4n) is 3.85. The molecule has 3 nitrogen and oxygen atoms in total. The summed E-state index contributed by atoms with van der Waals surface area (Å²) in [5.41, 5.74) is 1.94. The number of hydrogen-bond donors (Lipinski definition) is 1. The minimum absolute atomic E-state index is 0.627. The Labute approximate surface area is 114 Å². The van der Waals surface area contributed by atoms with E-state index in [1.165, 1.54) is 30.6 Å². The van der Waals surface area contributed by atoms with Gasteiger partial charge in [-0.1, -0.05) is 0 Å². The van der Waals surface area contributed by atoms with Crippen molar-refractivity contribution in [3.8, 4) is 0 Å². The van der Waals surface area contributed by atoms with Crippen LogP contribution in [-0.2, 0) is 6.42 Å². The molecular weight excluding hydrogens is 242 g/mol. The molecule has 1 aromatic heterocycles. The number of piperidine rings is 1. The number of likely N-dealkylation sites (N-methyl/N-ethyl adjacent to an activating group) is 1. The summed E-state index contributed by atoms with van der Waals surface area (Å²) >= 11 is 1.79. The van der Waals surface area contributed by atoms with E-state index in [0.29, 0.717) is 6.04 Å². The van der Waals surface area contributed by atoms with Crippen LogP contribution in [0.1, 0.15) is 30.6 Å². The third-order valence-electron chi connectivity index (χ3n) is 4.98. The van der Waals surface area contributed by atoms with E-state index in [1.807, 2.05) is 11.7 Å². The van der Waals surface area contributed by atoms with Crippen LogP contribution in [0.25, 0.3) is 0 Å². The molecule has 2 saturated heterocycles. The predicted octanol–water partition coefficient (Wildman–Crippen LogP) is 2.15. The first kappa shape index (κ1) is 12.6. The zero-order valence-corrected chi connectivity index (χ0v) is 12.1. The summed E-state index contributed by atoms with van der Waals surface area (Å²) in [5, 5.41) is 3.55. The molecule has 100 valence electrons. The standard InChI is InChI=1S/C14H23N3S/c1-15-14(7-13-8-16-9-18-13)10-5-11-3-4-12(6-10)17(11)2/h8-12,14-15H,3-7H2,1-2H3. The molecule has 0 aromatic carbocycles. The molecule has 2 fully saturated rings. The Kier molecular flexibility index (Phi) is 3.68. The van der Waals surface area contributed by atoms with Gasteiger partial charge in [0.1, 0.15) is 0 Å². The number of thiazole rings is 1. The van der Waals surface area contributed by atoms with E-state index in [1.54, 1.807) is 11.3 Å². The average molecular weight is 265 g/mol. The van der Waals surface area contributed by atoms with Crippen molar-refractivity contribution in [2.24, 2.45) is 5.92 Å². The summed E-state index contributed by atoms with van der Waals surface area (Å²) in [4.78, 5) is 8.23. The maximum absolute atomic E-state index is 4.19. The van der Waals surface area contributed by atoms with Gasteiger partial charge in [-0.25, -0.2) is 0 Å². The van der Waals surface area contributed by atoms with Gasteiger partial charge in [-0.05, 0) is 52.1 Å². The van der Waals surface area contributed by atoms with Crippen LogP contribution in [0.5, 0.6) is 0 Å². The number of nitrogens with zero attached hydrogens (tertiary/aromatic N) is 2. The number of aromatic nitrogens is 1. The summed E-state index contributed by atoms with van der Waals surface area (Å²) in [7, 11) is 4.43. The molecule has 4 heteroatoms. The normalized spacial score (nSPS) is 33.8. The van der Waals surface area contributed by atoms with Crippen molar-refractivity contribution in [2.75, 3.05) is 14.1 Å². The highest BCUT2D eigenvalue weighted by molar-refractivity contribution is 7.09. The lowest BCUT2D eigenvalue weighted by Gasteiger charge is -2.39. The first-order chi connectivity index (χ1) is 8.78. The summed E-state index contributed by atoms with van der Waals surface area (Å²) < 4.78 is 0. The van der Waals surface area contributed by atoms with Crippen molar-refractivity contribution < 1.29 is 0 Å². The van der Waals surface area contributed by atoms with Crippen LogP contribution in [0.2, 0.25) is 0 Å². The van der Waals surface area contributed by atoms with E-state index >= 15 is 0 Å². The molecule has 3 atom stereocenters. The Morgan fingerprint density at radius 2 is 2.17 bits per heavy atom. The van der Waals surface area contributed by atoms with Gasteiger partial charge in [-0.15, -0.1) is 11.3 Å². The van der Waals surface area contributed by atoms with Crippen molar-refractivity contribution in [2.45, 2.75) is 50.2 Å². The van der Waals surface area contributed by atoms with Crippen LogP contribution in [0.3, 0.4) is 0 Å². The topological polar surface area (TPSA) is 28.2 Å². The van der Waals surface area contributed by atoms with Gasteiger partial charge in [-0.3, -0.25) is 4.98 Å². The van der Waals surface area contributed by atoms with Gasteiger partial charge in [0, 0.05) is 29.2 Å². The minimum Gasteiger partial charge on any atom is -0.316 e. The zero-order valence-electron chi connectivity index (χ0n) is 11.3. The van der Waals surface area contributed by atoms with Crippen LogP contribution < -0.4 is 5.32 Å². The van der Waals surface area contributed by atoms with E-state index in [0.717, 1.165) is 24.4 Å². The highest BCUT2D eigenvalue weighted by Crippen LogP contribution is 2.39. The number of hydrogen-bond acceptors (Lipinski definition) is 4. The number of nitrogens with one attached hydrogen (secondary N) is 1. The van der Waals surface area contributed by atoms with Crippen molar-refractivity contribution in [3.05, 3.63) is 16.6 Å². The molecule has 0 amide bonds. The molecule has 2 aliphatic rings. The van der Waals surface area contributed by atoms with Crippen LogP contribution in [0.15, 0.2) is 11.7 Å². The maximum Gasteiger partial charge on any atom is 0.0794 e. The van der Waals surface area contributed by atoms with Crippen molar-refractivity contribution >= 4 is 11.3 Å². The Bertz CT molecular complexity index is 364. The summed E-state index contributed by atoms with van der Waals surface area (Å²) in [5.74, 6) is 0.839. The molecule has 2 aliphatic heterocycles. The van der Waals surface area contributed by atoms with Gasteiger partial charge in [0.25, 0.3) is 0 Å². The van der Waals surface area contributed by atoms with Crippen molar-refractivity contribution in [1.82, 2.24) is 15.2 Å². The fourth-order valence-corrected chi connectivity index (χ4v) is 4.50. The molecule has 18 heavy (non-hydrogen) atoms. The second-order valence-corrected chi connectivity index (χ2v) is 6.82. The van der Waals surface area contributed by atoms with Crippen molar-refractivity contribution in [3.63, 3.8) is 0 Å². The molecule has 0 radical (unpaired) electrons. The molecule has 0 spiro atoms. The second kappa shape index (κ2) is 5.27. The Morgan fingerprint density at radius 3 is 2.72 bits per heavy atom. The Hall–Kier alpha value is -0.450. The predicted molar refractivity (Wildman–Crippen MR) is 76.0 cm³/mol. The summed E-state index contributed by atoms with van der Waals surface area (Å²) in [6, 6.07) is 2.30. The van der Waals surface area contributed by atoms with Gasteiger partial charge in [0.15, 0.2) is 0 Å². The quantitative estimate of drug-likeness (QED) is 0.904. The van der Waals surface area contributed by atoms with E-state index in [9.17, 15) is 0 Å². The molecule has 3 unspecified atom stereocenters. The van der Waals surface area contributed by atoms with Gasteiger partial charge in [0.05, 0.1) is 5.51 Å². The van der Waals surface area contributed by atoms with E-state index < -0.39 is 0 Å². The molecule has 2 bridgehead atoms. The third kappa shape index (κ3) is 2.33. The first-order valence-corrected chi connectivity index (χ1v) is 7.92. The van der Waals surface area contributed by atoms with Crippen LogP contribution in [0.4, 0.5) is 0 Å². The Morgan fingerprint density at radius 1 is 1.44 bits per heavy atom. The van der Waals surface area contributed by atoms with E-state index in [-0.39, 0.29) is 0 Å². The average Bonchev–Trinajstić information content (AvgIpc) is 2.93. The van der Waals surface area contributed by atoms with Gasteiger partial charge in [-0.2, -0.15) is 0 Å². The fraction of sp³-hybridized carbons (Fsp3) is 0.786.